The Balaban J connectivity index is 1.88. The molecule has 3 saturated heterocycles. The molecule has 0 aromatic rings. The summed E-state index contributed by atoms with van der Waals surface area (Å²) in [5.41, 5.74) is 5.00. The minimum absolute atomic E-state index is 0.828. The van der Waals surface area contributed by atoms with Crippen LogP contribution in [0, 0.1) is 0 Å². The molecule has 236 valence electrons. The van der Waals surface area contributed by atoms with E-state index in [-0.39, 0.29) is 0 Å². The van der Waals surface area contributed by atoms with Crippen molar-refractivity contribution in [1.82, 2.24) is 0 Å². The van der Waals surface area contributed by atoms with Crippen molar-refractivity contribution in [3.8, 4) is 0 Å². The number of aliphatic hydroxyl groups is 10. The van der Waals surface area contributed by atoms with Crippen LogP contribution in [-0.4, -0.2) is 182 Å². The second-order valence-electron chi connectivity index (χ2n) is 9.68. The predicted octanol–water partition coefficient (Wildman–Crippen LogP) is -6.95. The number of ether oxygens (including phenoxy) is 6. The average molecular weight is 598 g/mol. The van der Waals surface area contributed by atoms with Crippen molar-refractivity contribution in [1.29, 1.82) is 0 Å². The van der Waals surface area contributed by atoms with Crippen LogP contribution in [0.3, 0.4) is 0 Å². The standard InChI is InChI=1S/C21H37F2NO16/c22-21(23,4-24)5-35-19-16(13(32)10(29)7(2-26)37-19)40-20-17(14(33)11(30)8(3-27)38-20)39-18-15(34)12(31)9(28)6(1-25)36-18/h6-20,25-34H,1-5,24H2/t6?,7?,8?,9-,10-,11-,12+,13+,14+,15?,16?,17?,18+,19+,20-/m1/s1. The van der Waals surface area contributed by atoms with Gasteiger partial charge in [0.1, 0.15) is 79.9 Å². The molecule has 40 heavy (non-hydrogen) atoms. The van der Waals surface area contributed by atoms with Crippen molar-refractivity contribution in [2.75, 3.05) is 33.0 Å². The molecule has 6 unspecified atom stereocenters. The van der Waals surface area contributed by atoms with Crippen LogP contribution in [0.5, 0.6) is 0 Å². The van der Waals surface area contributed by atoms with Crippen molar-refractivity contribution < 1.29 is 88.3 Å². The van der Waals surface area contributed by atoms with Gasteiger partial charge in [0, 0.05) is 0 Å². The maximum Gasteiger partial charge on any atom is 0.283 e. The highest BCUT2D eigenvalue weighted by Crippen LogP contribution is 2.33. The van der Waals surface area contributed by atoms with E-state index >= 15 is 0 Å². The molecular formula is C21H37F2NO16. The molecule has 3 fully saturated rings. The molecule has 3 aliphatic heterocycles. The van der Waals surface area contributed by atoms with E-state index in [1.165, 1.54) is 0 Å². The number of halogens is 2. The Morgan fingerprint density at radius 3 is 1.45 bits per heavy atom. The van der Waals surface area contributed by atoms with Crippen LogP contribution >= 0.6 is 0 Å². The Bertz CT molecular complexity index is 787. The zero-order chi connectivity index (χ0) is 29.9. The van der Waals surface area contributed by atoms with Crippen LogP contribution in [-0.2, 0) is 28.4 Å². The van der Waals surface area contributed by atoms with Gasteiger partial charge in [-0.25, -0.2) is 8.78 Å². The summed E-state index contributed by atoms with van der Waals surface area (Å²) in [5.74, 6) is -3.55. The summed E-state index contributed by atoms with van der Waals surface area (Å²) in [6.45, 7) is -5.04. The van der Waals surface area contributed by atoms with Crippen LogP contribution in [0.1, 0.15) is 0 Å². The molecule has 0 spiro atoms. The summed E-state index contributed by atoms with van der Waals surface area (Å²) < 4.78 is 59.7. The molecule has 0 aromatic heterocycles. The zero-order valence-corrected chi connectivity index (χ0v) is 21.0. The van der Waals surface area contributed by atoms with Gasteiger partial charge >= 0.3 is 0 Å². The van der Waals surface area contributed by atoms with E-state index in [4.69, 9.17) is 34.2 Å². The van der Waals surface area contributed by atoms with Gasteiger partial charge in [-0.1, -0.05) is 0 Å². The Morgan fingerprint density at radius 1 is 0.575 bits per heavy atom. The molecular weight excluding hydrogens is 560 g/mol. The van der Waals surface area contributed by atoms with Crippen LogP contribution < -0.4 is 5.73 Å². The molecule has 3 aliphatic rings. The van der Waals surface area contributed by atoms with E-state index in [2.05, 4.69) is 0 Å². The monoisotopic (exact) mass is 597 g/mol. The Hall–Kier alpha value is -0.820. The number of hydrogen-bond acceptors (Lipinski definition) is 17. The molecule has 19 heteroatoms. The first-order valence-electron chi connectivity index (χ1n) is 12.4. The molecule has 12 N–H and O–H groups in total. The largest absolute Gasteiger partial charge is 0.394 e. The third-order valence-electron chi connectivity index (χ3n) is 6.84. The highest BCUT2D eigenvalue weighted by atomic mass is 19.3. The topological polar surface area (TPSA) is 284 Å². The second-order valence-corrected chi connectivity index (χ2v) is 9.68. The highest BCUT2D eigenvalue weighted by Gasteiger charge is 2.54. The maximum atomic E-state index is 13.8. The molecule has 0 bridgehead atoms. The van der Waals surface area contributed by atoms with Crippen molar-refractivity contribution in [3.63, 3.8) is 0 Å². The van der Waals surface area contributed by atoms with E-state index in [0.717, 1.165) is 0 Å². The van der Waals surface area contributed by atoms with Gasteiger partial charge in [0.15, 0.2) is 18.9 Å². The lowest BCUT2D eigenvalue weighted by atomic mass is 9.96. The number of nitrogens with two attached hydrogens (primary N) is 1. The number of rotatable bonds is 11. The third kappa shape index (κ3) is 7.21. The Kier molecular flexibility index (Phi) is 11.9. The van der Waals surface area contributed by atoms with Crippen LogP contribution in [0.25, 0.3) is 0 Å². The second kappa shape index (κ2) is 14.1. The van der Waals surface area contributed by atoms with Gasteiger partial charge in [-0.05, 0) is 0 Å². The fourth-order valence-electron chi connectivity index (χ4n) is 4.40. The zero-order valence-electron chi connectivity index (χ0n) is 21.0. The minimum atomic E-state index is -3.55. The normalized spacial score (nSPS) is 46.9. The van der Waals surface area contributed by atoms with E-state index in [1.807, 2.05) is 0 Å². The molecule has 17 nitrogen and oxygen atoms in total. The van der Waals surface area contributed by atoms with Gasteiger partial charge in [0.25, 0.3) is 5.92 Å². The lowest BCUT2D eigenvalue weighted by Crippen LogP contribution is -2.67. The highest BCUT2D eigenvalue weighted by molar-refractivity contribution is 4.96. The first kappa shape index (κ1) is 33.7. The van der Waals surface area contributed by atoms with Gasteiger partial charge in [-0.2, -0.15) is 0 Å². The van der Waals surface area contributed by atoms with Crippen molar-refractivity contribution in [2.45, 2.75) is 98.0 Å². The minimum Gasteiger partial charge on any atom is -0.394 e. The van der Waals surface area contributed by atoms with Gasteiger partial charge in [-0.3, -0.25) is 0 Å². The van der Waals surface area contributed by atoms with E-state index in [0.29, 0.717) is 0 Å². The van der Waals surface area contributed by atoms with Gasteiger partial charge in [0.05, 0.1) is 26.4 Å². The van der Waals surface area contributed by atoms with Crippen molar-refractivity contribution >= 4 is 0 Å². The number of alkyl halides is 2. The maximum absolute atomic E-state index is 13.8. The molecule has 0 amide bonds. The molecule has 3 heterocycles. The Morgan fingerprint density at radius 2 is 0.975 bits per heavy atom. The molecule has 0 aliphatic carbocycles. The first-order chi connectivity index (χ1) is 18.8. The number of aliphatic hydroxyl groups excluding tert-OH is 10. The quantitative estimate of drug-likeness (QED) is 0.105. The Labute approximate surface area is 225 Å². The SMILES string of the molecule is NCC(F)(F)CO[C@H]1OC(CO)[C@@H](O)[C@H](O)C1O[C@H]1OC(CO)[C@@H](O)[C@H](O)C1O[C@@H]1OC(CO)[C@@H](O)[C@H](O)C1O. The predicted molar refractivity (Wildman–Crippen MR) is 119 cm³/mol. The first-order valence-corrected chi connectivity index (χ1v) is 12.4. The molecule has 3 rings (SSSR count). The molecule has 0 saturated carbocycles. The van der Waals surface area contributed by atoms with Crippen molar-refractivity contribution in [3.05, 3.63) is 0 Å². The molecule has 0 aromatic carbocycles. The van der Waals surface area contributed by atoms with Gasteiger partial charge < -0.3 is 85.2 Å². The molecule has 15 atom stereocenters. The average Bonchev–Trinajstić information content (AvgIpc) is 2.94. The summed E-state index contributed by atoms with van der Waals surface area (Å²) in [6, 6.07) is 0. The third-order valence-corrected chi connectivity index (χ3v) is 6.84. The summed E-state index contributed by atoms with van der Waals surface area (Å²) >= 11 is 0. The van der Waals surface area contributed by atoms with Crippen molar-refractivity contribution in [2.24, 2.45) is 5.73 Å². The fourth-order valence-corrected chi connectivity index (χ4v) is 4.40. The lowest BCUT2D eigenvalue weighted by Gasteiger charge is -2.48. The summed E-state index contributed by atoms with van der Waals surface area (Å²) in [5, 5.41) is 101. The number of hydrogen-bond donors (Lipinski definition) is 11. The fraction of sp³-hybridized carbons (Fsp3) is 1.00. The van der Waals surface area contributed by atoms with Crippen LogP contribution in [0.4, 0.5) is 8.78 Å². The summed E-state index contributed by atoms with van der Waals surface area (Å²) in [6.07, 6.45) is -27.2. The van der Waals surface area contributed by atoms with Crippen LogP contribution in [0.2, 0.25) is 0 Å². The van der Waals surface area contributed by atoms with Gasteiger partial charge in [-0.15, -0.1) is 0 Å². The van der Waals surface area contributed by atoms with Gasteiger partial charge in [0.2, 0.25) is 0 Å². The van der Waals surface area contributed by atoms with E-state index in [9.17, 15) is 59.8 Å². The molecule has 0 radical (unpaired) electrons. The summed E-state index contributed by atoms with van der Waals surface area (Å²) in [4.78, 5) is 0. The van der Waals surface area contributed by atoms with E-state index < -0.39 is 131 Å². The smallest absolute Gasteiger partial charge is 0.283 e. The lowest BCUT2D eigenvalue weighted by molar-refractivity contribution is -0.395. The van der Waals surface area contributed by atoms with Crippen LogP contribution in [0.15, 0.2) is 0 Å². The van der Waals surface area contributed by atoms with E-state index in [1.54, 1.807) is 0 Å². The summed E-state index contributed by atoms with van der Waals surface area (Å²) in [7, 11) is 0.